The number of sulfonamides is 1. The minimum Gasteiger partial charge on any atom is -0.497 e. The van der Waals surface area contributed by atoms with Crippen molar-refractivity contribution in [2.75, 3.05) is 22.9 Å². The molecule has 3 rings (SSSR count). The van der Waals surface area contributed by atoms with Crippen LogP contribution in [-0.2, 0) is 19.9 Å². The van der Waals surface area contributed by atoms with Crippen molar-refractivity contribution in [1.82, 2.24) is 0 Å². The first kappa shape index (κ1) is 20.0. The molecule has 9 heteroatoms. The smallest absolute Gasteiger partial charge is 0.264 e. The molecular weight excluding hydrogens is 410 g/mol. The molecule has 0 unspecified atom stereocenters. The minimum absolute atomic E-state index is 0.0334. The van der Waals surface area contributed by atoms with Gasteiger partial charge >= 0.3 is 0 Å². The van der Waals surface area contributed by atoms with Gasteiger partial charge in [0.25, 0.3) is 10.0 Å². The van der Waals surface area contributed by atoms with Gasteiger partial charge in [-0.25, -0.2) is 16.8 Å². The lowest BCUT2D eigenvalue weighted by molar-refractivity contribution is 0.415. The van der Waals surface area contributed by atoms with Gasteiger partial charge in [0.2, 0.25) is 0 Å². The molecule has 1 aliphatic rings. The second kappa shape index (κ2) is 7.33. The van der Waals surface area contributed by atoms with Gasteiger partial charge in [0.15, 0.2) is 9.84 Å². The van der Waals surface area contributed by atoms with Gasteiger partial charge < -0.3 is 4.74 Å². The Kier molecular flexibility index (Phi) is 5.42. The Balaban J connectivity index is 2.15. The van der Waals surface area contributed by atoms with Gasteiger partial charge in [-0.2, -0.15) is 0 Å². The van der Waals surface area contributed by atoms with E-state index in [1.807, 2.05) is 0 Å². The Morgan fingerprint density at radius 3 is 2.37 bits per heavy atom. The molecule has 0 aliphatic carbocycles. The molecule has 0 saturated carbocycles. The quantitative estimate of drug-likeness (QED) is 0.729. The van der Waals surface area contributed by atoms with Crippen molar-refractivity contribution in [3.8, 4) is 5.75 Å². The molecule has 1 atom stereocenters. The van der Waals surface area contributed by atoms with Crippen LogP contribution in [0.25, 0.3) is 0 Å². The Hall–Kier alpha value is -1.77. The summed E-state index contributed by atoms with van der Waals surface area (Å²) in [5.41, 5.74) is 0.927. The lowest BCUT2D eigenvalue weighted by Gasteiger charge is -2.30. The highest BCUT2D eigenvalue weighted by Crippen LogP contribution is 2.33. The predicted molar refractivity (Wildman–Crippen MR) is 106 cm³/mol. The normalized spacial score (nSPS) is 19.0. The van der Waals surface area contributed by atoms with Crippen LogP contribution in [-0.4, -0.2) is 41.5 Å². The highest BCUT2D eigenvalue weighted by Gasteiger charge is 2.39. The summed E-state index contributed by atoms with van der Waals surface area (Å²) in [6.45, 7) is 1.68. The summed E-state index contributed by atoms with van der Waals surface area (Å²) in [6, 6.07) is 10.5. The van der Waals surface area contributed by atoms with Crippen molar-refractivity contribution in [3.63, 3.8) is 0 Å². The predicted octanol–water partition coefficient (Wildman–Crippen LogP) is 3.04. The van der Waals surface area contributed by atoms with Crippen LogP contribution in [0.4, 0.5) is 5.69 Å². The summed E-state index contributed by atoms with van der Waals surface area (Å²) in [4.78, 5) is 0.0649. The van der Waals surface area contributed by atoms with Gasteiger partial charge in [0, 0.05) is 5.02 Å². The number of methoxy groups -OCH3 is 1. The molecule has 1 heterocycles. The standard InChI is InChI=1S/C18H20ClNO5S2/c1-13-3-4-14(19)11-18(13)27(23,24)20(16-9-10-26(21,22)12-16)15-5-7-17(25-2)8-6-15/h3-8,11,16H,9-10,12H2,1-2H3/t16-/m1/s1. The number of rotatable bonds is 5. The third kappa shape index (κ3) is 4.07. The Bertz CT molecular complexity index is 1050. The van der Waals surface area contributed by atoms with Crippen LogP contribution in [0, 0.1) is 6.92 Å². The number of benzene rings is 2. The maximum Gasteiger partial charge on any atom is 0.264 e. The Morgan fingerprint density at radius 1 is 1.15 bits per heavy atom. The molecule has 2 aromatic rings. The zero-order chi connectivity index (χ0) is 19.8. The van der Waals surface area contributed by atoms with E-state index >= 15 is 0 Å². The second-order valence-corrected chi connectivity index (χ2v) is 10.9. The maximum atomic E-state index is 13.5. The van der Waals surface area contributed by atoms with Crippen LogP contribution in [0.5, 0.6) is 5.75 Å². The zero-order valence-electron chi connectivity index (χ0n) is 14.9. The molecule has 1 fully saturated rings. The maximum absolute atomic E-state index is 13.5. The molecule has 2 aromatic carbocycles. The largest absolute Gasteiger partial charge is 0.497 e. The van der Waals surface area contributed by atoms with Crippen molar-refractivity contribution < 1.29 is 21.6 Å². The minimum atomic E-state index is -4.02. The molecule has 0 radical (unpaired) electrons. The van der Waals surface area contributed by atoms with E-state index in [4.69, 9.17) is 16.3 Å². The fraction of sp³-hybridized carbons (Fsp3) is 0.333. The van der Waals surface area contributed by atoms with Crippen LogP contribution in [0.3, 0.4) is 0 Å². The molecule has 146 valence electrons. The Morgan fingerprint density at radius 2 is 1.81 bits per heavy atom. The summed E-state index contributed by atoms with van der Waals surface area (Å²) in [5, 5.41) is 0.299. The second-order valence-electron chi connectivity index (χ2n) is 6.47. The van der Waals surface area contributed by atoms with E-state index < -0.39 is 25.9 Å². The number of nitrogens with zero attached hydrogens (tertiary/aromatic N) is 1. The van der Waals surface area contributed by atoms with Gasteiger partial charge in [0.1, 0.15) is 5.75 Å². The Labute approximate surface area is 164 Å². The first-order valence-electron chi connectivity index (χ1n) is 8.29. The van der Waals surface area contributed by atoms with Crippen molar-refractivity contribution >= 4 is 37.1 Å². The van der Waals surface area contributed by atoms with E-state index in [-0.39, 0.29) is 22.8 Å². The number of halogens is 1. The molecule has 1 aliphatic heterocycles. The third-order valence-corrected chi connectivity index (χ3v) is 8.56. The average molecular weight is 430 g/mol. The topological polar surface area (TPSA) is 80.8 Å². The van der Waals surface area contributed by atoms with E-state index in [1.54, 1.807) is 43.3 Å². The molecule has 1 saturated heterocycles. The highest BCUT2D eigenvalue weighted by atomic mass is 35.5. The summed E-state index contributed by atoms with van der Waals surface area (Å²) in [6.07, 6.45) is 0.243. The monoisotopic (exact) mass is 429 g/mol. The van der Waals surface area contributed by atoms with Crippen LogP contribution in [0.15, 0.2) is 47.4 Å². The van der Waals surface area contributed by atoms with Gasteiger partial charge in [-0.1, -0.05) is 17.7 Å². The third-order valence-electron chi connectivity index (χ3n) is 4.55. The van der Waals surface area contributed by atoms with Crippen LogP contribution in [0.2, 0.25) is 5.02 Å². The fourth-order valence-electron chi connectivity index (χ4n) is 3.19. The molecule has 0 amide bonds. The van der Waals surface area contributed by atoms with E-state index in [0.717, 1.165) is 0 Å². The molecule has 0 N–H and O–H groups in total. The highest BCUT2D eigenvalue weighted by molar-refractivity contribution is 7.93. The van der Waals surface area contributed by atoms with Gasteiger partial charge in [-0.15, -0.1) is 0 Å². The van der Waals surface area contributed by atoms with Crippen molar-refractivity contribution in [3.05, 3.63) is 53.1 Å². The van der Waals surface area contributed by atoms with Crippen molar-refractivity contribution in [2.24, 2.45) is 0 Å². The van der Waals surface area contributed by atoms with Crippen molar-refractivity contribution in [1.29, 1.82) is 0 Å². The van der Waals surface area contributed by atoms with Gasteiger partial charge in [-0.05, 0) is 55.3 Å². The number of hydrogen-bond donors (Lipinski definition) is 0. The average Bonchev–Trinajstić information content (AvgIpc) is 2.97. The molecular formula is C18H20ClNO5S2. The lowest BCUT2D eigenvalue weighted by atomic mass is 10.2. The van der Waals surface area contributed by atoms with Crippen LogP contribution in [0.1, 0.15) is 12.0 Å². The van der Waals surface area contributed by atoms with Gasteiger partial charge in [0.05, 0.1) is 35.2 Å². The number of hydrogen-bond acceptors (Lipinski definition) is 5. The zero-order valence-corrected chi connectivity index (χ0v) is 17.3. The summed E-state index contributed by atoms with van der Waals surface area (Å²) >= 11 is 6.02. The first-order valence-corrected chi connectivity index (χ1v) is 11.9. The van der Waals surface area contributed by atoms with E-state index in [0.29, 0.717) is 22.0 Å². The molecule has 0 spiro atoms. The van der Waals surface area contributed by atoms with E-state index in [1.165, 1.54) is 17.5 Å². The number of anilines is 1. The van der Waals surface area contributed by atoms with Gasteiger partial charge in [-0.3, -0.25) is 4.31 Å². The summed E-state index contributed by atoms with van der Waals surface area (Å²) in [5.74, 6) is 0.334. The molecule has 0 aromatic heterocycles. The molecule has 6 nitrogen and oxygen atoms in total. The number of sulfone groups is 1. The first-order chi connectivity index (χ1) is 12.6. The number of ether oxygens (including phenoxy) is 1. The number of aryl methyl sites for hydroxylation is 1. The molecule has 27 heavy (non-hydrogen) atoms. The van der Waals surface area contributed by atoms with Crippen LogP contribution >= 0.6 is 11.6 Å². The lowest BCUT2D eigenvalue weighted by Crippen LogP contribution is -2.41. The van der Waals surface area contributed by atoms with E-state index in [9.17, 15) is 16.8 Å². The fourth-order valence-corrected chi connectivity index (χ4v) is 7.16. The molecule has 0 bridgehead atoms. The van der Waals surface area contributed by atoms with Crippen molar-refractivity contribution in [2.45, 2.75) is 24.3 Å². The summed E-state index contributed by atoms with van der Waals surface area (Å²) in [7, 11) is -5.78. The van der Waals surface area contributed by atoms with E-state index in [2.05, 4.69) is 0 Å². The summed E-state index contributed by atoms with van der Waals surface area (Å²) < 4.78 is 57.3. The SMILES string of the molecule is COc1ccc(N([C@@H]2CCS(=O)(=O)C2)S(=O)(=O)c2cc(Cl)ccc2C)cc1. The van der Waals surface area contributed by atoms with Crippen LogP contribution < -0.4 is 9.04 Å².